The molecule has 2 N–H and O–H groups in total. The van der Waals surface area contributed by atoms with Crippen molar-refractivity contribution < 1.29 is 9.59 Å². The van der Waals surface area contributed by atoms with Gasteiger partial charge in [0.2, 0.25) is 11.8 Å². The molecule has 27 heavy (non-hydrogen) atoms. The van der Waals surface area contributed by atoms with Crippen LogP contribution >= 0.6 is 0 Å². The van der Waals surface area contributed by atoms with Crippen LogP contribution in [0.5, 0.6) is 0 Å². The topological polar surface area (TPSA) is 61.4 Å². The summed E-state index contributed by atoms with van der Waals surface area (Å²) in [4.78, 5) is 25.2. The molecule has 0 bridgehead atoms. The van der Waals surface area contributed by atoms with Crippen molar-refractivity contribution in [3.8, 4) is 0 Å². The van der Waals surface area contributed by atoms with Gasteiger partial charge in [0.05, 0.1) is 0 Å². The summed E-state index contributed by atoms with van der Waals surface area (Å²) >= 11 is 0. The van der Waals surface area contributed by atoms with Gasteiger partial charge in [-0.3, -0.25) is 14.5 Å². The predicted octanol–water partition coefficient (Wildman–Crippen LogP) is 3.23. The number of piperidine rings is 1. The van der Waals surface area contributed by atoms with Crippen LogP contribution in [0.1, 0.15) is 63.5 Å². The van der Waals surface area contributed by atoms with Crippen molar-refractivity contribution in [2.75, 3.05) is 19.6 Å². The average molecular weight is 374 g/mol. The maximum atomic E-state index is 11.9. The Hall–Kier alpha value is -1.88. The number of hydrogen-bond acceptors (Lipinski definition) is 3. The van der Waals surface area contributed by atoms with Gasteiger partial charge in [-0.15, -0.1) is 0 Å². The van der Waals surface area contributed by atoms with E-state index in [4.69, 9.17) is 0 Å². The summed E-state index contributed by atoms with van der Waals surface area (Å²) in [5.41, 5.74) is 2.49. The van der Waals surface area contributed by atoms with Crippen LogP contribution in [-0.4, -0.2) is 36.3 Å². The van der Waals surface area contributed by atoms with Gasteiger partial charge in [-0.1, -0.05) is 37.6 Å². The Bertz CT molecular complexity index is 578. The molecule has 1 aliphatic rings. The van der Waals surface area contributed by atoms with Crippen LogP contribution in [0.15, 0.2) is 24.3 Å². The fourth-order valence-electron chi connectivity index (χ4n) is 3.38. The fourth-order valence-corrected chi connectivity index (χ4v) is 3.38. The highest BCUT2D eigenvalue weighted by atomic mass is 16.2. The Labute approximate surface area is 163 Å². The second-order valence-corrected chi connectivity index (χ2v) is 7.85. The Balaban J connectivity index is 1.59. The third kappa shape index (κ3) is 9.05. The number of hydrogen-bond donors (Lipinski definition) is 2. The lowest BCUT2D eigenvalue weighted by molar-refractivity contribution is -0.121. The summed E-state index contributed by atoms with van der Waals surface area (Å²) in [6.07, 6.45) is 5.89. The molecule has 5 nitrogen and oxygen atoms in total. The smallest absolute Gasteiger partial charge is 0.220 e. The molecule has 0 unspecified atom stereocenters. The van der Waals surface area contributed by atoms with E-state index in [-0.39, 0.29) is 11.8 Å². The molecule has 1 saturated heterocycles. The number of nitrogens with zero attached hydrogens (tertiary/aromatic N) is 1. The van der Waals surface area contributed by atoms with Crippen LogP contribution in [0.4, 0.5) is 0 Å². The van der Waals surface area contributed by atoms with Gasteiger partial charge < -0.3 is 10.6 Å². The number of carbonyl (C=O) groups excluding carboxylic acids is 2. The normalized spacial score (nSPS) is 15.5. The third-order valence-electron chi connectivity index (χ3n) is 5.25. The van der Waals surface area contributed by atoms with Gasteiger partial charge in [-0.25, -0.2) is 0 Å². The van der Waals surface area contributed by atoms with E-state index in [1.807, 2.05) is 0 Å². The lowest BCUT2D eigenvalue weighted by Gasteiger charge is -2.30. The van der Waals surface area contributed by atoms with E-state index in [0.29, 0.717) is 19.5 Å². The first-order valence-electron chi connectivity index (χ1n) is 10.3. The largest absolute Gasteiger partial charge is 0.356 e. The molecular formula is C22H35N3O2. The molecule has 1 heterocycles. The average Bonchev–Trinajstić information content (AvgIpc) is 2.65. The third-order valence-corrected chi connectivity index (χ3v) is 5.25. The Kier molecular flexibility index (Phi) is 9.32. The summed E-state index contributed by atoms with van der Waals surface area (Å²) in [6.45, 7) is 8.57. The first kappa shape index (κ1) is 21.4. The summed E-state index contributed by atoms with van der Waals surface area (Å²) < 4.78 is 0. The monoisotopic (exact) mass is 373 g/mol. The molecule has 0 atom stereocenters. The van der Waals surface area contributed by atoms with E-state index >= 15 is 0 Å². The second-order valence-electron chi connectivity index (χ2n) is 7.85. The maximum Gasteiger partial charge on any atom is 0.220 e. The zero-order valence-corrected chi connectivity index (χ0v) is 16.9. The van der Waals surface area contributed by atoms with Gasteiger partial charge >= 0.3 is 0 Å². The Morgan fingerprint density at radius 2 is 1.67 bits per heavy atom. The molecule has 1 fully saturated rings. The van der Waals surface area contributed by atoms with Crippen molar-refractivity contribution in [2.45, 2.75) is 65.5 Å². The molecule has 0 radical (unpaired) electrons. The minimum absolute atomic E-state index is 0.00397. The molecule has 1 aromatic carbocycles. The lowest BCUT2D eigenvalue weighted by Crippen LogP contribution is -2.32. The summed E-state index contributed by atoms with van der Waals surface area (Å²) in [5, 5.41) is 5.76. The van der Waals surface area contributed by atoms with Crippen molar-refractivity contribution in [1.29, 1.82) is 0 Å². The molecule has 2 rings (SSSR count). The SMILES string of the molecule is CC(=O)NCCCCCC(=O)NCc1ccc(CN2CCC(C)CC2)cc1. The van der Waals surface area contributed by atoms with Gasteiger partial charge in [0.1, 0.15) is 0 Å². The molecule has 1 aliphatic heterocycles. The molecule has 0 aliphatic carbocycles. The molecule has 0 spiro atoms. The standard InChI is InChI=1S/C22H35N3O2/c1-18-11-14-25(15-12-18)17-21-9-7-20(8-10-21)16-24-22(27)6-4-3-5-13-23-19(2)26/h7-10,18H,3-6,11-17H2,1-2H3,(H,23,26)(H,24,27). The molecule has 5 heteroatoms. The molecule has 2 amide bonds. The lowest BCUT2D eigenvalue weighted by atomic mass is 9.99. The minimum Gasteiger partial charge on any atom is -0.356 e. The molecule has 150 valence electrons. The van der Waals surface area contributed by atoms with Crippen LogP contribution in [0.3, 0.4) is 0 Å². The van der Waals surface area contributed by atoms with Crippen molar-refractivity contribution >= 4 is 11.8 Å². The van der Waals surface area contributed by atoms with Crippen LogP contribution in [-0.2, 0) is 22.7 Å². The number of carbonyl (C=O) groups is 2. The van der Waals surface area contributed by atoms with Crippen molar-refractivity contribution in [3.05, 3.63) is 35.4 Å². The van der Waals surface area contributed by atoms with Crippen LogP contribution in [0, 0.1) is 5.92 Å². The first-order chi connectivity index (χ1) is 13.0. The van der Waals surface area contributed by atoms with E-state index < -0.39 is 0 Å². The van der Waals surface area contributed by atoms with E-state index in [1.54, 1.807) is 0 Å². The van der Waals surface area contributed by atoms with Crippen LogP contribution in [0.25, 0.3) is 0 Å². The van der Waals surface area contributed by atoms with E-state index in [9.17, 15) is 9.59 Å². The first-order valence-corrected chi connectivity index (χ1v) is 10.3. The van der Waals surface area contributed by atoms with Crippen molar-refractivity contribution in [1.82, 2.24) is 15.5 Å². The zero-order chi connectivity index (χ0) is 19.5. The fraction of sp³-hybridized carbons (Fsp3) is 0.636. The summed E-state index contributed by atoms with van der Waals surface area (Å²) in [7, 11) is 0. The number of amides is 2. The van der Waals surface area contributed by atoms with Gasteiger partial charge in [0.15, 0.2) is 0 Å². The molecule has 0 saturated carbocycles. The molecule has 0 aromatic heterocycles. The summed E-state index contributed by atoms with van der Waals surface area (Å²) in [6, 6.07) is 8.61. The second kappa shape index (κ2) is 11.8. The number of rotatable bonds is 10. The van der Waals surface area contributed by atoms with Gasteiger partial charge in [-0.2, -0.15) is 0 Å². The highest BCUT2D eigenvalue weighted by Crippen LogP contribution is 2.18. The van der Waals surface area contributed by atoms with E-state index in [2.05, 4.69) is 46.7 Å². The number of likely N-dealkylation sites (tertiary alicyclic amines) is 1. The molecular weight excluding hydrogens is 338 g/mol. The minimum atomic E-state index is 0.00397. The van der Waals surface area contributed by atoms with Crippen LogP contribution in [0.2, 0.25) is 0 Å². The van der Waals surface area contributed by atoms with Crippen molar-refractivity contribution in [2.24, 2.45) is 5.92 Å². The maximum absolute atomic E-state index is 11.9. The quantitative estimate of drug-likeness (QED) is 0.619. The zero-order valence-electron chi connectivity index (χ0n) is 16.9. The highest BCUT2D eigenvalue weighted by molar-refractivity contribution is 5.75. The number of benzene rings is 1. The van der Waals surface area contributed by atoms with Crippen LogP contribution < -0.4 is 10.6 Å². The summed E-state index contributed by atoms with van der Waals surface area (Å²) in [5.74, 6) is 0.967. The Morgan fingerprint density at radius 1 is 1.00 bits per heavy atom. The van der Waals surface area contributed by atoms with Crippen molar-refractivity contribution in [3.63, 3.8) is 0 Å². The van der Waals surface area contributed by atoms with E-state index in [1.165, 1.54) is 38.4 Å². The van der Waals surface area contributed by atoms with Gasteiger partial charge in [0.25, 0.3) is 0 Å². The number of unbranched alkanes of at least 4 members (excludes halogenated alkanes) is 2. The van der Waals surface area contributed by atoms with Gasteiger partial charge in [0, 0.05) is 33.0 Å². The molecule has 1 aromatic rings. The predicted molar refractivity (Wildman–Crippen MR) is 109 cm³/mol. The Morgan fingerprint density at radius 3 is 2.33 bits per heavy atom. The van der Waals surface area contributed by atoms with E-state index in [0.717, 1.165) is 37.3 Å². The number of nitrogens with one attached hydrogen (secondary N) is 2. The highest BCUT2D eigenvalue weighted by Gasteiger charge is 2.15. The van der Waals surface area contributed by atoms with Gasteiger partial charge in [-0.05, 0) is 55.8 Å².